The molecule has 0 radical (unpaired) electrons. The predicted octanol–water partition coefficient (Wildman–Crippen LogP) is 2.54. The van der Waals surface area contributed by atoms with Crippen LogP contribution in [-0.2, 0) is 13.5 Å². The lowest BCUT2D eigenvalue weighted by molar-refractivity contribution is 0.340. The van der Waals surface area contributed by atoms with Crippen molar-refractivity contribution in [1.29, 1.82) is 0 Å². The van der Waals surface area contributed by atoms with E-state index in [-0.39, 0.29) is 6.04 Å². The first-order valence-electron chi connectivity index (χ1n) is 5.78. The van der Waals surface area contributed by atoms with Crippen molar-refractivity contribution >= 4 is 11.6 Å². The minimum Gasteiger partial charge on any atom is -0.327 e. The van der Waals surface area contributed by atoms with Gasteiger partial charge in [0.15, 0.2) is 0 Å². The van der Waals surface area contributed by atoms with Gasteiger partial charge in [-0.2, -0.15) is 5.10 Å². The van der Waals surface area contributed by atoms with Crippen molar-refractivity contribution in [2.45, 2.75) is 40.2 Å². The van der Waals surface area contributed by atoms with Gasteiger partial charge in [-0.15, -0.1) is 0 Å². The molecule has 2 N–H and O–H groups in total. The fourth-order valence-corrected chi connectivity index (χ4v) is 2.04. The summed E-state index contributed by atoms with van der Waals surface area (Å²) in [5.41, 5.74) is 8.12. The zero-order valence-electron chi connectivity index (χ0n) is 10.8. The first kappa shape index (κ1) is 13.5. The maximum atomic E-state index is 6.20. The highest BCUT2D eigenvalue weighted by atomic mass is 35.5. The smallest absolute Gasteiger partial charge is 0.0847 e. The second-order valence-electron chi connectivity index (χ2n) is 4.94. The van der Waals surface area contributed by atoms with E-state index in [4.69, 9.17) is 17.3 Å². The third kappa shape index (κ3) is 2.77. The molecule has 0 saturated heterocycles. The lowest BCUT2D eigenvalue weighted by atomic mass is 9.88. The maximum absolute atomic E-state index is 6.20. The quantitative estimate of drug-likeness (QED) is 0.883. The van der Waals surface area contributed by atoms with Crippen LogP contribution in [0.25, 0.3) is 0 Å². The van der Waals surface area contributed by atoms with Gasteiger partial charge in [0.2, 0.25) is 0 Å². The van der Waals surface area contributed by atoms with Crippen molar-refractivity contribution in [1.82, 2.24) is 9.78 Å². The summed E-state index contributed by atoms with van der Waals surface area (Å²) in [5, 5.41) is 5.06. The number of nitrogens with two attached hydrogens (primary N) is 1. The molecule has 3 nitrogen and oxygen atoms in total. The molecular formula is C12H22ClN3. The van der Waals surface area contributed by atoms with Crippen LogP contribution in [0.1, 0.15) is 32.2 Å². The standard InChI is InChI=1S/C12H22ClN3/c1-7(2)8(3)10(14)6-11-12(13)9(4)15-16(11)5/h7-8,10H,6,14H2,1-5H3. The SMILES string of the molecule is Cc1nn(C)c(CC(N)C(C)C(C)C)c1Cl. The van der Waals surface area contributed by atoms with Crippen LogP contribution in [0, 0.1) is 18.8 Å². The van der Waals surface area contributed by atoms with Crippen LogP contribution in [0.3, 0.4) is 0 Å². The molecule has 16 heavy (non-hydrogen) atoms. The molecule has 4 heteroatoms. The Kier molecular flexibility index (Phi) is 4.39. The van der Waals surface area contributed by atoms with Gasteiger partial charge in [-0.05, 0) is 18.8 Å². The van der Waals surface area contributed by atoms with Gasteiger partial charge in [0.25, 0.3) is 0 Å². The predicted molar refractivity (Wildman–Crippen MR) is 68.6 cm³/mol. The summed E-state index contributed by atoms with van der Waals surface area (Å²) in [7, 11) is 1.92. The van der Waals surface area contributed by atoms with Crippen molar-refractivity contribution in [2.75, 3.05) is 0 Å². The van der Waals surface area contributed by atoms with Crippen molar-refractivity contribution in [2.24, 2.45) is 24.6 Å². The second-order valence-corrected chi connectivity index (χ2v) is 5.32. The zero-order valence-corrected chi connectivity index (χ0v) is 11.5. The number of nitrogens with zero attached hydrogens (tertiary/aromatic N) is 2. The van der Waals surface area contributed by atoms with Crippen molar-refractivity contribution in [3.63, 3.8) is 0 Å². The molecule has 92 valence electrons. The average molecular weight is 244 g/mol. The van der Waals surface area contributed by atoms with E-state index in [0.29, 0.717) is 11.8 Å². The Morgan fingerprint density at radius 1 is 1.38 bits per heavy atom. The molecule has 2 unspecified atom stereocenters. The van der Waals surface area contributed by atoms with E-state index in [1.807, 2.05) is 18.7 Å². The van der Waals surface area contributed by atoms with E-state index in [0.717, 1.165) is 22.8 Å². The molecule has 0 aliphatic rings. The highest BCUT2D eigenvalue weighted by Crippen LogP contribution is 2.23. The number of hydrogen-bond donors (Lipinski definition) is 1. The maximum Gasteiger partial charge on any atom is 0.0847 e. The molecule has 0 aromatic carbocycles. The normalized spacial score (nSPS) is 15.5. The molecule has 1 heterocycles. The molecular weight excluding hydrogens is 222 g/mol. The van der Waals surface area contributed by atoms with Crippen LogP contribution < -0.4 is 5.73 Å². The second kappa shape index (κ2) is 5.19. The van der Waals surface area contributed by atoms with Gasteiger partial charge in [-0.3, -0.25) is 4.68 Å². The number of aromatic nitrogens is 2. The van der Waals surface area contributed by atoms with Crippen molar-refractivity contribution < 1.29 is 0 Å². The number of halogens is 1. The Morgan fingerprint density at radius 3 is 2.31 bits per heavy atom. The Hall–Kier alpha value is -0.540. The van der Waals surface area contributed by atoms with Gasteiger partial charge in [-0.25, -0.2) is 0 Å². The minimum absolute atomic E-state index is 0.132. The van der Waals surface area contributed by atoms with E-state index >= 15 is 0 Å². The zero-order chi connectivity index (χ0) is 12.5. The van der Waals surface area contributed by atoms with Gasteiger partial charge in [0, 0.05) is 19.5 Å². The summed E-state index contributed by atoms with van der Waals surface area (Å²) in [6.07, 6.45) is 0.787. The molecule has 0 fully saturated rings. The lowest BCUT2D eigenvalue weighted by Crippen LogP contribution is -2.34. The van der Waals surface area contributed by atoms with Gasteiger partial charge in [-0.1, -0.05) is 32.4 Å². The van der Waals surface area contributed by atoms with Crippen LogP contribution in [-0.4, -0.2) is 15.8 Å². The molecule has 0 aliphatic heterocycles. The van der Waals surface area contributed by atoms with Crippen LogP contribution in [0.15, 0.2) is 0 Å². The van der Waals surface area contributed by atoms with E-state index in [2.05, 4.69) is 25.9 Å². The molecule has 0 saturated carbocycles. The summed E-state index contributed by atoms with van der Waals surface area (Å²) in [4.78, 5) is 0. The number of aryl methyl sites for hydroxylation is 2. The van der Waals surface area contributed by atoms with E-state index in [1.165, 1.54) is 0 Å². The largest absolute Gasteiger partial charge is 0.327 e. The third-order valence-corrected chi connectivity index (χ3v) is 3.91. The first-order chi connectivity index (χ1) is 7.34. The first-order valence-corrected chi connectivity index (χ1v) is 6.16. The number of hydrogen-bond acceptors (Lipinski definition) is 2. The Bertz CT molecular complexity index is 357. The molecule has 1 aromatic heterocycles. The molecule has 0 amide bonds. The summed E-state index contributed by atoms with van der Waals surface area (Å²) in [6.45, 7) is 8.50. The molecule has 1 aromatic rings. The van der Waals surface area contributed by atoms with Crippen LogP contribution >= 0.6 is 11.6 Å². The summed E-state index contributed by atoms with van der Waals surface area (Å²) >= 11 is 6.20. The van der Waals surface area contributed by atoms with Gasteiger partial charge in [0.05, 0.1) is 16.4 Å². The topological polar surface area (TPSA) is 43.8 Å². The van der Waals surface area contributed by atoms with Crippen molar-refractivity contribution in [3.8, 4) is 0 Å². The monoisotopic (exact) mass is 243 g/mol. The molecule has 2 atom stereocenters. The van der Waals surface area contributed by atoms with E-state index in [1.54, 1.807) is 0 Å². The average Bonchev–Trinajstić information content (AvgIpc) is 2.43. The highest BCUT2D eigenvalue weighted by molar-refractivity contribution is 6.31. The Balaban J connectivity index is 2.80. The Morgan fingerprint density at radius 2 is 1.94 bits per heavy atom. The fourth-order valence-electron chi connectivity index (χ4n) is 1.81. The fraction of sp³-hybridized carbons (Fsp3) is 0.750. The lowest BCUT2D eigenvalue weighted by Gasteiger charge is -2.23. The molecule has 0 bridgehead atoms. The number of rotatable bonds is 4. The van der Waals surface area contributed by atoms with Gasteiger partial charge < -0.3 is 5.73 Å². The molecule has 0 spiro atoms. The summed E-state index contributed by atoms with van der Waals surface area (Å²) < 4.78 is 1.84. The van der Waals surface area contributed by atoms with E-state index in [9.17, 15) is 0 Å². The van der Waals surface area contributed by atoms with Crippen molar-refractivity contribution in [3.05, 3.63) is 16.4 Å². The minimum atomic E-state index is 0.132. The highest BCUT2D eigenvalue weighted by Gasteiger charge is 2.20. The Labute approximate surface area is 103 Å². The van der Waals surface area contributed by atoms with Crippen LogP contribution in [0.4, 0.5) is 0 Å². The van der Waals surface area contributed by atoms with Gasteiger partial charge in [0.1, 0.15) is 0 Å². The van der Waals surface area contributed by atoms with Gasteiger partial charge >= 0.3 is 0 Å². The third-order valence-electron chi connectivity index (χ3n) is 3.42. The van der Waals surface area contributed by atoms with E-state index < -0.39 is 0 Å². The summed E-state index contributed by atoms with van der Waals surface area (Å²) in [5.74, 6) is 1.06. The summed E-state index contributed by atoms with van der Waals surface area (Å²) in [6, 6.07) is 0.132. The molecule has 0 aliphatic carbocycles. The molecule has 1 rings (SSSR count). The van der Waals surface area contributed by atoms with Crippen LogP contribution in [0.5, 0.6) is 0 Å². The van der Waals surface area contributed by atoms with Crippen LogP contribution in [0.2, 0.25) is 5.02 Å².